The highest BCUT2D eigenvalue weighted by Crippen LogP contribution is 2.32. The van der Waals surface area contributed by atoms with Gasteiger partial charge in [-0.1, -0.05) is 24.1 Å². The first kappa shape index (κ1) is 24.4. The van der Waals surface area contributed by atoms with Crippen LogP contribution in [0.15, 0.2) is 69.3 Å². The highest BCUT2D eigenvalue weighted by atomic mass is 32.2. The van der Waals surface area contributed by atoms with Gasteiger partial charge in [0.05, 0.1) is 16.3 Å². The van der Waals surface area contributed by atoms with E-state index in [1.54, 1.807) is 19.1 Å². The third-order valence-corrected chi connectivity index (χ3v) is 7.18. The molecule has 33 heavy (non-hydrogen) atoms. The molecule has 1 unspecified atom stereocenters. The van der Waals surface area contributed by atoms with Crippen molar-refractivity contribution in [3.05, 3.63) is 65.6 Å². The third kappa shape index (κ3) is 5.21. The molecule has 2 aromatic rings. The highest BCUT2D eigenvalue weighted by molar-refractivity contribution is 7.89. The Labute approximate surface area is 191 Å². The summed E-state index contributed by atoms with van der Waals surface area (Å²) in [6.07, 6.45) is 6.06. The molecule has 0 radical (unpaired) electrons. The smallest absolute Gasteiger partial charge is 0.241 e. The van der Waals surface area contributed by atoms with E-state index in [9.17, 15) is 21.2 Å². The molecule has 1 atom stereocenters. The number of primary sulfonamides is 1. The van der Waals surface area contributed by atoms with Gasteiger partial charge in [0, 0.05) is 17.5 Å². The number of nitrogens with one attached hydrogen (secondary N) is 3. The number of hydrogen-bond acceptors (Lipinski definition) is 8. The number of nitrogens with two attached hydrogens (primary N) is 2. The van der Waals surface area contributed by atoms with Crippen LogP contribution in [0.3, 0.4) is 0 Å². The molecule has 3 rings (SSSR count). The molecule has 0 amide bonds. The van der Waals surface area contributed by atoms with Crippen LogP contribution in [0.2, 0.25) is 0 Å². The van der Waals surface area contributed by atoms with Crippen molar-refractivity contribution < 1.29 is 21.2 Å². The molecular formula is C20H21FN6O4S2. The second-order valence-corrected chi connectivity index (χ2v) is 10.4. The Hall–Kier alpha value is -3.28. The average Bonchev–Trinajstić information content (AvgIpc) is 2.75. The van der Waals surface area contributed by atoms with Crippen molar-refractivity contribution in [3.63, 3.8) is 0 Å². The molecule has 0 aromatic heterocycles. The van der Waals surface area contributed by atoms with Crippen molar-refractivity contribution in [2.24, 2.45) is 15.9 Å². The largest absolute Gasteiger partial charge is 0.330 e. The summed E-state index contributed by atoms with van der Waals surface area (Å²) in [6.45, 7) is 1.41. The van der Waals surface area contributed by atoms with E-state index in [1.165, 1.54) is 30.3 Å². The summed E-state index contributed by atoms with van der Waals surface area (Å²) in [4.78, 5) is 4.01. The molecular weight excluding hydrogens is 471 g/mol. The van der Waals surface area contributed by atoms with Crippen LogP contribution >= 0.6 is 0 Å². The van der Waals surface area contributed by atoms with Gasteiger partial charge in [0.1, 0.15) is 0 Å². The van der Waals surface area contributed by atoms with Crippen LogP contribution in [0, 0.1) is 19.3 Å². The lowest BCUT2D eigenvalue weighted by Crippen LogP contribution is -2.44. The molecule has 0 bridgehead atoms. The number of rotatable bonds is 6. The summed E-state index contributed by atoms with van der Waals surface area (Å²) in [5.41, 5.74) is 5.18. The maximum atomic E-state index is 14.7. The minimum atomic E-state index is -3.96. The van der Waals surface area contributed by atoms with Crippen molar-refractivity contribution in [1.29, 1.82) is 0 Å². The van der Waals surface area contributed by atoms with E-state index < -0.39 is 31.5 Å². The van der Waals surface area contributed by atoms with Crippen LogP contribution in [0.1, 0.15) is 11.1 Å². The quantitative estimate of drug-likeness (QED) is 0.367. The first-order valence-corrected chi connectivity index (χ1v) is 12.4. The standard InChI is InChI=1S/C20H21FN6O4S2/c1-3-10-25-33(30,31)16-8-5-14(6-9-16)20(22)18(21)12-24-19(27-20)26-15-7-4-13(2)17(11-15)32(23,28)29/h1,4-9,11-12,25H,10,22H2,2H3,(H2,23,28,29)(H2,24,26,27). The molecule has 2 aromatic carbocycles. The van der Waals surface area contributed by atoms with Gasteiger partial charge in [-0.25, -0.2) is 31.4 Å². The molecule has 0 spiro atoms. The van der Waals surface area contributed by atoms with Gasteiger partial charge < -0.3 is 10.6 Å². The number of anilines is 1. The minimum Gasteiger partial charge on any atom is -0.330 e. The topological polar surface area (TPSA) is 169 Å². The summed E-state index contributed by atoms with van der Waals surface area (Å²) in [6, 6.07) is 9.60. The fourth-order valence-corrected chi connectivity index (χ4v) is 4.74. The summed E-state index contributed by atoms with van der Waals surface area (Å²) >= 11 is 0. The fourth-order valence-electron chi connectivity index (χ4n) is 3.00. The number of hydrogen-bond donors (Lipinski definition) is 5. The Morgan fingerprint density at radius 2 is 1.85 bits per heavy atom. The molecule has 174 valence electrons. The van der Waals surface area contributed by atoms with Crippen molar-refractivity contribution in [3.8, 4) is 12.3 Å². The number of terminal acetylenes is 1. The third-order valence-electron chi connectivity index (χ3n) is 4.71. The average molecular weight is 493 g/mol. The van der Waals surface area contributed by atoms with E-state index in [2.05, 4.69) is 26.3 Å². The van der Waals surface area contributed by atoms with Crippen LogP contribution in [0.25, 0.3) is 0 Å². The molecule has 1 aliphatic rings. The van der Waals surface area contributed by atoms with Crippen LogP contribution < -0.4 is 26.2 Å². The maximum Gasteiger partial charge on any atom is 0.241 e. The van der Waals surface area contributed by atoms with Gasteiger partial charge in [0.25, 0.3) is 0 Å². The maximum absolute atomic E-state index is 14.7. The highest BCUT2D eigenvalue weighted by Gasteiger charge is 2.36. The van der Waals surface area contributed by atoms with E-state index in [0.717, 1.165) is 6.20 Å². The van der Waals surface area contributed by atoms with Gasteiger partial charge in [-0.3, -0.25) is 5.73 Å². The van der Waals surface area contributed by atoms with Gasteiger partial charge in [0.15, 0.2) is 11.5 Å². The van der Waals surface area contributed by atoms with Gasteiger partial charge in [-0.05, 0) is 36.8 Å². The summed E-state index contributed by atoms with van der Waals surface area (Å²) in [5.74, 6) is 1.36. The predicted octanol–water partition coefficient (Wildman–Crippen LogP) is 0.548. The van der Waals surface area contributed by atoms with Crippen LogP contribution in [-0.4, -0.2) is 29.3 Å². The zero-order valence-electron chi connectivity index (χ0n) is 17.3. The van der Waals surface area contributed by atoms with E-state index in [1.807, 2.05) is 0 Å². The Morgan fingerprint density at radius 1 is 1.18 bits per heavy atom. The zero-order chi connectivity index (χ0) is 24.4. The number of sulfonamides is 2. The lowest BCUT2D eigenvalue weighted by molar-refractivity contribution is 0.411. The summed E-state index contributed by atoms with van der Waals surface area (Å²) in [7, 11) is -7.79. The fraction of sp³-hybridized carbons (Fsp3) is 0.150. The zero-order valence-corrected chi connectivity index (χ0v) is 19.0. The van der Waals surface area contributed by atoms with E-state index in [-0.39, 0.29) is 27.9 Å². The normalized spacial score (nSPS) is 18.5. The number of halogens is 1. The molecule has 0 fully saturated rings. The molecule has 0 saturated carbocycles. The number of guanidine groups is 1. The predicted molar refractivity (Wildman–Crippen MR) is 122 cm³/mol. The lowest BCUT2D eigenvalue weighted by Gasteiger charge is -2.29. The van der Waals surface area contributed by atoms with E-state index in [0.29, 0.717) is 11.3 Å². The van der Waals surface area contributed by atoms with Crippen molar-refractivity contribution in [1.82, 2.24) is 10.0 Å². The van der Waals surface area contributed by atoms with Gasteiger partial charge in [0.2, 0.25) is 26.0 Å². The molecule has 10 nitrogen and oxygen atoms in total. The number of aryl methyl sites for hydroxylation is 1. The van der Waals surface area contributed by atoms with Gasteiger partial charge in [-0.15, -0.1) is 6.42 Å². The van der Waals surface area contributed by atoms with Gasteiger partial charge >= 0.3 is 0 Å². The Kier molecular flexibility index (Phi) is 6.59. The number of aliphatic imine (C=N–C) groups is 1. The number of nitrogens with zero attached hydrogens (tertiary/aromatic N) is 1. The van der Waals surface area contributed by atoms with Crippen molar-refractivity contribution >= 4 is 31.7 Å². The second kappa shape index (κ2) is 8.93. The van der Waals surface area contributed by atoms with Crippen LogP contribution in [-0.2, 0) is 25.7 Å². The number of benzene rings is 2. The molecule has 1 heterocycles. The monoisotopic (exact) mass is 492 g/mol. The SMILES string of the molecule is C#CCNS(=O)(=O)c1ccc(C2(N)N=C(Nc3ccc(C)c(S(N)(=O)=O)c3)NC=C2F)cc1. The molecule has 1 aliphatic heterocycles. The molecule has 13 heteroatoms. The Balaban J connectivity index is 1.92. The van der Waals surface area contributed by atoms with Crippen LogP contribution in [0.5, 0.6) is 0 Å². The Bertz CT molecular complexity index is 1400. The minimum absolute atomic E-state index is 0.0236. The summed E-state index contributed by atoms with van der Waals surface area (Å²) in [5, 5.41) is 10.6. The van der Waals surface area contributed by atoms with Crippen molar-refractivity contribution in [2.75, 3.05) is 11.9 Å². The molecule has 0 aliphatic carbocycles. The first-order valence-electron chi connectivity index (χ1n) is 9.32. The van der Waals surface area contributed by atoms with Crippen LogP contribution in [0.4, 0.5) is 10.1 Å². The van der Waals surface area contributed by atoms with E-state index in [4.69, 9.17) is 17.3 Å². The first-order chi connectivity index (χ1) is 15.4. The van der Waals surface area contributed by atoms with E-state index >= 15 is 0 Å². The van der Waals surface area contributed by atoms with Gasteiger partial charge in [-0.2, -0.15) is 4.72 Å². The summed E-state index contributed by atoms with van der Waals surface area (Å²) < 4.78 is 64.8. The lowest BCUT2D eigenvalue weighted by atomic mass is 9.99. The Morgan fingerprint density at radius 3 is 2.45 bits per heavy atom. The van der Waals surface area contributed by atoms with Crippen molar-refractivity contribution in [2.45, 2.75) is 22.4 Å². The molecule has 7 N–H and O–H groups in total. The molecule has 0 saturated heterocycles. The second-order valence-electron chi connectivity index (χ2n) is 7.07.